The second kappa shape index (κ2) is 6.67. The van der Waals surface area contributed by atoms with Crippen LogP contribution >= 0.6 is 11.6 Å². The lowest BCUT2D eigenvalue weighted by molar-refractivity contribution is -0.119. The predicted molar refractivity (Wildman–Crippen MR) is 76.1 cm³/mol. The molecule has 0 radical (unpaired) electrons. The molecule has 1 aromatic carbocycles. The minimum Gasteiger partial charge on any atom is -0.484 e. The largest absolute Gasteiger partial charge is 0.484 e. The van der Waals surface area contributed by atoms with Crippen LogP contribution in [0.3, 0.4) is 0 Å². The molecule has 7 nitrogen and oxygen atoms in total. The molecule has 0 unspecified atom stereocenters. The van der Waals surface area contributed by atoms with Crippen molar-refractivity contribution >= 4 is 29.1 Å². The molecule has 0 bridgehead atoms. The number of benzene rings is 1. The number of ether oxygens (including phenoxy) is 1. The molecular formula is C13H11ClN4O3. The molecule has 2 rings (SSSR count). The SMILES string of the molecule is NC(=O)COc1cccc(NC(=O)c2cncc(Cl)n2)c1. The van der Waals surface area contributed by atoms with Crippen molar-refractivity contribution in [2.75, 3.05) is 11.9 Å². The zero-order valence-corrected chi connectivity index (χ0v) is 11.5. The summed E-state index contributed by atoms with van der Waals surface area (Å²) in [7, 11) is 0. The highest BCUT2D eigenvalue weighted by molar-refractivity contribution is 6.29. The Hall–Kier alpha value is -2.67. The van der Waals surface area contributed by atoms with Crippen molar-refractivity contribution < 1.29 is 14.3 Å². The molecule has 21 heavy (non-hydrogen) atoms. The molecule has 0 spiro atoms. The van der Waals surface area contributed by atoms with Gasteiger partial charge in [0.05, 0.1) is 12.4 Å². The lowest BCUT2D eigenvalue weighted by Gasteiger charge is -2.07. The Balaban J connectivity index is 2.07. The van der Waals surface area contributed by atoms with Crippen LogP contribution in [-0.4, -0.2) is 28.4 Å². The van der Waals surface area contributed by atoms with Gasteiger partial charge in [0.25, 0.3) is 11.8 Å². The lowest BCUT2D eigenvalue weighted by atomic mass is 10.3. The average molecular weight is 307 g/mol. The van der Waals surface area contributed by atoms with Crippen LogP contribution in [0.25, 0.3) is 0 Å². The number of hydrogen-bond acceptors (Lipinski definition) is 5. The number of amides is 2. The number of halogens is 1. The van der Waals surface area contributed by atoms with Crippen LogP contribution in [0, 0.1) is 0 Å². The standard InChI is InChI=1S/C13H11ClN4O3/c14-11-6-16-5-10(18-11)13(20)17-8-2-1-3-9(4-8)21-7-12(15)19/h1-6H,7H2,(H2,15,19)(H,17,20). The maximum atomic E-state index is 12.0. The third kappa shape index (κ3) is 4.43. The molecule has 0 saturated heterocycles. The summed E-state index contributed by atoms with van der Waals surface area (Å²) in [5.74, 6) is -0.639. The first-order valence-electron chi connectivity index (χ1n) is 5.84. The third-order valence-electron chi connectivity index (χ3n) is 2.31. The summed E-state index contributed by atoms with van der Waals surface area (Å²) < 4.78 is 5.14. The Bertz CT molecular complexity index is 678. The zero-order valence-electron chi connectivity index (χ0n) is 10.7. The Morgan fingerprint density at radius 3 is 2.86 bits per heavy atom. The fourth-order valence-electron chi connectivity index (χ4n) is 1.46. The molecule has 0 aliphatic heterocycles. The summed E-state index contributed by atoms with van der Waals surface area (Å²) in [5, 5.41) is 2.74. The number of rotatable bonds is 5. The minimum atomic E-state index is -0.585. The minimum absolute atomic E-state index is 0.0888. The van der Waals surface area contributed by atoms with Crippen molar-refractivity contribution in [1.29, 1.82) is 0 Å². The van der Waals surface area contributed by atoms with E-state index in [0.29, 0.717) is 11.4 Å². The number of anilines is 1. The molecule has 8 heteroatoms. The van der Waals surface area contributed by atoms with E-state index in [-0.39, 0.29) is 17.5 Å². The van der Waals surface area contributed by atoms with Crippen LogP contribution in [0.2, 0.25) is 5.15 Å². The second-order valence-electron chi connectivity index (χ2n) is 3.96. The Labute approximate surface area is 125 Å². The van der Waals surface area contributed by atoms with Crippen LogP contribution in [0.4, 0.5) is 5.69 Å². The quantitative estimate of drug-likeness (QED) is 0.864. The molecule has 2 aromatic rings. The average Bonchev–Trinajstić information content (AvgIpc) is 2.45. The van der Waals surface area contributed by atoms with Gasteiger partial charge in [-0.2, -0.15) is 0 Å². The van der Waals surface area contributed by atoms with Gasteiger partial charge in [0.1, 0.15) is 16.6 Å². The van der Waals surface area contributed by atoms with Crippen LogP contribution in [0.5, 0.6) is 5.75 Å². The fourth-order valence-corrected chi connectivity index (χ4v) is 1.61. The number of nitrogens with two attached hydrogens (primary N) is 1. The van der Waals surface area contributed by atoms with E-state index in [0.717, 1.165) is 0 Å². The van der Waals surface area contributed by atoms with E-state index in [4.69, 9.17) is 22.1 Å². The summed E-state index contributed by atoms with van der Waals surface area (Å²) in [5.41, 5.74) is 5.55. The van der Waals surface area contributed by atoms with Crippen LogP contribution in [0.1, 0.15) is 10.5 Å². The molecule has 1 aromatic heterocycles. The van der Waals surface area contributed by atoms with Crippen LogP contribution in [-0.2, 0) is 4.79 Å². The smallest absolute Gasteiger partial charge is 0.275 e. The molecule has 2 amide bonds. The molecule has 3 N–H and O–H groups in total. The Kier molecular flexibility index (Phi) is 4.68. The predicted octanol–water partition coefficient (Wildman–Crippen LogP) is 1.25. The number of carbonyl (C=O) groups is 2. The Morgan fingerprint density at radius 1 is 1.33 bits per heavy atom. The number of primary amides is 1. The summed E-state index contributed by atoms with van der Waals surface area (Å²) in [6.07, 6.45) is 2.63. The maximum Gasteiger partial charge on any atom is 0.275 e. The monoisotopic (exact) mass is 306 g/mol. The van der Waals surface area contributed by atoms with Crippen LogP contribution in [0.15, 0.2) is 36.7 Å². The van der Waals surface area contributed by atoms with Gasteiger partial charge >= 0.3 is 0 Å². The Morgan fingerprint density at radius 2 is 2.14 bits per heavy atom. The van der Waals surface area contributed by atoms with Gasteiger partial charge in [-0.1, -0.05) is 17.7 Å². The molecule has 0 aliphatic carbocycles. The number of aromatic nitrogens is 2. The van der Waals surface area contributed by atoms with Crippen molar-refractivity contribution in [3.05, 3.63) is 47.5 Å². The van der Waals surface area contributed by atoms with Crippen molar-refractivity contribution in [2.45, 2.75) is 0 Å². The van der Waals surface area contributed by atoms with E-state index in [1.165, 1.54) is 12.4 Å². The molecule has 0 fully saturated rings. The van der Waals surface area contributed by atoms with Gasteiger partial charge in [-0.15, -0.1) is 0 Å². The van der Waals surface area contributed by atoms with Gasteiger partial charge in [-0.05, 0) is 12.1 Å². The molecule has 1 heterocycles. The summed E-state index contributed by atoms with van der Waals surface area (Å²) >= 11 is 5.67. The highest BCUT2D eigenvalue weighted by atomic mass is 35.5. The van der Waals surface area contributed by atoms with Gasteiger partial charge in [0.2, 0.25) is 0 Å². The van der Waals surface area contributed by atoms with E-state index in [1.54, 1.807) is 24.3 Å². The number of nitrogens with one attached hydrogen (secondary N) is 1. The molecule has 108 valence electrons. The highest BCUT2D eigenvalue weighted by Crippen LogP contribution is 2.18. The van der Waals surface area contributed by atoms with Crippen molar-refractivity contribution in [2.24, 2.45) is 5.73 Å². The van der Waals surface area contributed by atoms with Gasteiger partial charge in [0, 0.05) is 11.8 Å². The van der Waals surface area contributed by atoms with Gasteiger partial charge in [0.15, 0.2) is 6.61 Å². The van der Waals surface area contributed by atoms with Crippen molar-refractivity contribution in [1.82, 2.24) is 9.97 Å². The number of hydrogen-bond donors (Lipinski definition) is 2. The molecule has 0 atom stereocenters. The van der Waals surface area contributed by atoms with Crippen molar-refractivity contribution in [3.8, 4) is 5.75 Å². The summed E-state index contributed by atoms with van der Waals surface area (Å²) in [6.45, 7) is -0.239. The molecular weight excluding hydrogens is 296 g/mol. The number of nitrogens with zero attached hydrogens (tertiary/aromatic N) is 2. The van der Waals surface area contributed by atoms with Gasteiger partial charge in [-0.3, -0.25) is 14.6 Å². The first-order valence-corrected chi connectivity index (χ1v) is 6.22. The van der Waals surface area contributed by atoms with Gasteiger partial charge < -0.3 is 15.8 Å². The van der Waals surface area contributed by atoms with E-state index < -0.39 is 11.8 Å². The maximum absolute atomic E-state index is 12.0. The van der Waals surface area contributed by atoms with Crippen LogP contribution < -0.4 is 15.8 Å². The van der Waals surface area contributed by atoms with E-state index in [2.05, 4.69) is 15.3 Å². The third-order valence-corrected chi connectivity index (χ3v) is 2.49. The van der Waals surface area contributed by atoms with E-state index in [9.17, 15) is 9.59 Å². The first-order chi connectivity index (χ1) is 10.0. The van der Waals surface area contributed by atoms with Crippen molar-refractivity contribution in [3.63, 3.8) is 0 Å². The molecule has 0 saturated carbocycles. The highest BCUT2D eigenvalue weighted by Gasteiger charge is 2.09. The first kappa shape index (κ1) is 14.7. The second-order valence-corrected chi connectivity index (χ2v) is 4.35. The van der Waals surface area contributed by atoms with E-state index in [1.807, 2.05) is 0 Å². The normalized spacial score (nSPS) is 9.95. The summed E-state index contributed by atoms with van der Waals surface area (Å²) in [6, 6.07) is 6.51. The van der Waals surface area contributed by atoms with Gasteiger partial charge in [-0.25, -0.2) is 4.98 Å². The topological polar surface area (TPSA) is 107 Å². The zero-order chi connectivity index (χ0) is 15.2. The number of carbonyl (C=O) groups excluding carboxylic acids is 2. The van der Waals surface area contributed by atoms with E-state index >= 15 is 0 Å². The summed E-state index contributed by atoms with van der Waals surface area (Å²) in [4.78, 5) is 30.2. The fraction of sp³-hybridized carbons (Fsp3) is 0.0769. The lowest BCUT2D eigenvalue weighted by Crippen LogP contribution is -2.20. The molecule has 0 aliphatic rings.